The lowest BCUT2D eigenvalue weighted by Gasteiger charge is -2.11. The average molecular weight is 449 g/mol. The minimum atomic E-state index is -1.23. The summed E-state index contributed by atoms with van der Waals surface area (Å²) in [6, 6.07) is 2.74. The summed E-state index contributed by atoms with van der Waals surface area (Å²) >= 11 is 0.905. The molecule has 5 N–H and O–H groups in total. The van der Waals surface area contributed by atoms with Crippen LogP contribution in [0.25, 0.3) is 0 Å². The van der Waals surface area contributed by atoms with Crippen LogP contribution in [0.15, 0.2) is 12.1 Å². The van der Waals surface area contributed by atoms with E-state index in [9.17, 15) is 29.3 Å². The number of amides is 4. The minimum Gasteiger partial charge on any atom is -0.312 e. The Kier molecular flexibility index (Phi) is 7.20. The number of thiazole rings is 1. The molecule has 31 heavy (non-hydrogen) atoms. The maximum Gasteiger partial charge on any atom is 0.328 e. The molecular formula is C17H19N7O6S. The predicted molar refractivity (Wildman–Crippen MR) is 111 cm³/mol. The number of aromatic nitrogens is 1. The van der Waals surface area contributed by atoms with E-state index in [0.717, 1.165) is 11.3 Å². The predicted octanol–water partition coefficient (Wildman–Crippen LogP) is 0.839. The van der Waals surface area contributed by atoms with Gasteiger partial charge in [0.05, 0.1) is 10.6 Å². The molecular weight excluding hydrogens is 430 g/mol. The Morgan fingerprint density at radius 1 is 1.03 bits per heavy atom. The summed E-state index contributed by atoms with van der Waals surface area (Å²) in [4.78, 5) is 62.1. The van der Waals surface area contributed by atoms with Crippen LogP contribution in [-0.4, -0.2) is 33.5 Å². The van der Waals surface area contributed by atoms with Crippen molar-refractivity contribution < 1.29 is 24.1 Å². The van der Waals surface area contributed by atoms with Gasteiger partial charge in [-0.15, -0.1) is 0 Å². The molecule has 14 heteroatoms. The normalized spacial score (nSPS) is 10.1. The Hall–Kier alpha value is -4.07. The van der Waals surface area contributed by atoms with Gasteiger partial charge >= 0.3 is 11.8 Å². The standard InChI is InChI=1S/C17H19N7O6S/c1-7-5-6-11(24(29)30)12(8(7)2)19-15(27)16(28)22-21-14(26)13-9(3)18-17(31-13)23-20-10(4)25/h5-6H,1-4H3,(H,18,23)(H,19,27)(H,20,25)(H,21,26)(H,22,28). The molecule has 0 atom stereocenters. The Bertz CT molecular complexity index is 1080. The van der Waals surface area contributed by atoms with Crippen LogP contribution in [-0.2, 0) is 14.4 Å². The fourth-order valence-electron chi connectivity index (χ4n) is 2.31. The van der Waals surface area contributed by atoms with Gasteiger partial charge in [0.2, 0.25) is 11.0 Å². The van der Waals surface area contributed by atoms with Gasteiger partial charge < -0.3 is 5.32 Å². The first-order valence-corrected chi connectivity index (χ1v) is 9.49. The van der Waals surface area contributed by atoms with Gasteiger partial charge in [0.15, 0.2) is 0 Å². The molecule has 0 aliphatic rings. The number of hydrogen-bond donors (Lipinski definition) is 5. The number of nitrogens with zero attached hydrogens (tertiary/aromatic N) is 2. The van der Waals surface area contributed by atoms with Crippen molar-refractivity contribution in [3.63, 3.8) is 0 Å². The van der Waals surface area contributed by atoms with Crippen molar-refractivity contribution in [1.82, 2.24) is 21.3 Å². The molecule has 13 nitrogen and oxygen atoms in total. The Morgan fingerprint density at radius 3 is 2.32 bits per heavy atom. The van der Waals surface area contributed by atoms with Crippen molar-refractivity contribution >= 4 is 51.5 Å². The van der Waals surface area contributed by atoms with Crippen molar-refractivity contribution in [2.24, 2.45) is 0 Å². The van der Waals surface area contributed by atoms with E-state index in [1.807, 2.05) is 5.43 Å². The van der Waals surface area contributed by atoms with Gasteiger partial charge in [0.1, 0.15) is 10.6 Å². The first-order chi connectivity index (χ1) is 14.5. The molecule has 1 aromatic carbocycles. The van der Waals surface area contributed by atoms with Crippen LogP contribution in [0.5, 0.6) is 0 Å². The van der Waals surface area contributed by atoms with Gasteiger partial charge in [-0.05, 0) is 31.9 Å². The number of carbonyl (C=O) groups is 4. The Morgan fingerprint density at radius 2 is 1.71 bits per heavy atom. The van der Waals surface area contributed by atoms with E-state index in [1.165, 1.54) is 19.1 Å². The third-order valence-electron chi connectivity index (χ3n) is 3.99. The molecule has 4 amide bonds. The number of hydrazine groups is 2. The van der Waals surface area contributed by atoms with E-state index in [1.54, 1.807) is 20.8 Å². The molecule has 0 unspecified atom stereocenters. The Labute approximate surface area is 179 Å². The molecule has 0 spiro atoms. The van der Waals surface area contributed by atoms with E-state index in [2.05, 4.69) is 26.6 Å². The number of carbonyl (C=O) groups excluding carboxylic acids is 4. The molecule has 2 aromatic rings. The highest BCUT2D eigenvalue weighted by atomic mass is 32.1. The molecule has 0 fully saturated rings. The van der Waals surface area contributed by atoms with E-state index in [0.29, 0.717) is 16.8 Å². The first-order valence-electron chi connectivity index (χ1n) is 8.67. The highest BCUT2D eigenvalue weighted by molar-refractivity contribution is 7.17. The van der Waals surface area contributed by atoms with Crippen LogP contribution in [0.1, 0.15) is 33.4 Å². The zero-order valence-corrected chi connectivity index (χ0v) is 17.7. The number of nitrogens with one attached hydrogen (secondary N) is 5. The van der Waals surface area contributed by atoms with Crippen LogP contribution in [0.3, 0.4) is 0 Å². The second-order valence-electron chi connectivity index (χ2n) is 6.26. The van der Waals surface area contributed by atoms with Gasteiger partial charge in [-0.3, -0.25) is 51.0 Å². The molecule has 0 saturated carbocycles. The number of hydrogen-bond acceptors (Lipinski definition) is 9. The minimum absolute atomic E-state index is 0.108. The van der Waals surface area contributed by atoms with Crippen molar-refractivity contribution in [1.29, 1.82) is 0 Å². The van der Waals surface area contributed by atoms with Gasteiger partial charge in [-0.2, -0.15) is 0 Å². The lowest BCUT2D eigenvalue weighted by atomic mass is 10.1. The molecule has 0 aliphatic heterocycles. The van der Waals surface area contributed by atoms with Crippen molar-refractivity contribution in [3.05, 3.63) is 43.9 Å². The lowest BCUT2D eigenvalue weighted by molar-refractivity contribution is -0.384. The number of anilines is 2. The van der Waals surface area contributed by atoms with Crippen LogP contribution in [0, 0.1) is 30.9 Å². The number of benzene rings is 1. The maximum atomic E-state index is 12.3. The smallest absolute Gasteiger partial charge is 0.312 e. The molecule has 1 aromatic heterocycles. The third-order valence-corrected chi connectivity index (χ3v) is 5.06. The van der Waals surface area contributed by atoms with Crippen molar-refractivity contribution in [2.75, 3.05) is 10.7 Å². The number of nitro groups is 1. The monoisotopic (exact) mass is 449 g/mol. The summed E-state index contributed by atoms with van der Waals surface area (Å²) in [5, 5.41) is 13.6. The quantitative estimate of drug-likeness (QED) is 0.252. The number of rotatable bonds is 5. The summed E-state index contributed by atoms with van der Waals surface area (Å²) in [6.07, 6.45) is 0. The second kappa shape index (κ2) is 9.62. The largest absolute Gasteiger partial charge is 0.328 e. The summed E-state index contributed by atoms with van der Waals surface area (Å²) in [5.74, 6) is -3.54. The van der Waals surface area contributed by atoms with E-state index in [4.69, 9.17) is 0 Å². The van der Waals surface area contributed by atoms with Crippen molar-refractivity contribution in [2.45, 2.75) is 27.7 Å². The zero-order valence-electron chi connectivity index (χ0n) is 16.9. The van der Waals surface area contributed by atoms with Gasteiger partial charge in [0, 0.05) is 13.0 Å². The lowest BCUT2D eigenvalue weighted by Crippen LogP contribution is -2.46. The highest BCUT2D eigenvalue weighted by Crippen LogP contribution is 2.30. The SMILES string of the molecule is CC(=O)NNc1nc(C)c(C(=O)NNC(=O)C(=O)Nc2c([N+](=O)[O-])ccc(C)c2C)s1. The molecule has 1 heterocycles. The summed E-state index contributed by atoms with van der Waals surface area (Å²) < 4.78 is 0. The second-order valence-corrected chi connectivity index (χ2v) is 7.26. The molecule has 0 radical (unpaired) electrons. The summed E-state index contributed by atoms with van der Waals surface area (Å²) in [5.41, 5.74) is 9.78. The fraction of sp³-hybridized carbons (Fsp3) is 0.235. The Balaban J connectivity index is 2.03. The zero-order chi connectivity index (χ0) is 23.3. The van der Waals surface area contributed by atoms with Crippen molar-refractivity contribution in [3.8, 4) is 0 Å². The van der Waals surface area contributed by atoms with E-state index < -0.39 is 22.6 Å². The third kappa shape index (κ3) is 5.72. The van der Waals surface area contributed by atoms with Crippen LogP contribution < -0.4 is 27.0 Å². The molecule has 0 aliphatic carbocycles. The van der Waals surface area contributed by atoms with Crippen LogP contribution >= 0.6 is 11.3 Å². The topological polar surface area (TPSA) is 184 Å². The van der Waals surface area contributed by atoms with Crippen LogP contribution in [0.4, 0.5) is 16.5 Å². The highest BCUT2D eigenvalue weighted by Gasteiger charge is 2.23. The van der Waals surface area contributed by atoms with Gasteiger partial charge in [-0.25, -0.2) is 4.98 Å². The molecule has 0 bridgehead atoms. The molecule has 2 rings (SSSR count). The molecule has 164 valence electrons. The van der Waals surface area contributed by atoms with E-state index >= 15 is 0 Å². The number of aryl methyl sites for hydroxylation is 2. The summed E-state index contributed by atoms with van der Waals surface area (Å²) in [7, 11) is 0. The first kappa shape index (κ1) is 23.2. The van der Waals surface area contributed by atoms with Gasteiger partial charge in [0.25, 0.3) is 11.6 Å². The fourth-order valence-corrected chi connectivity index (χ4v) is 3.13. The van der Waals surface area contributed by atoms with E-state index in [-0.39, 0.29) is 27.3 Å². The molecule has 0 saturated heterocycles. The van der Waals surface area contributed by atoms with Gasteiger partial charge in [-0.1, -0.05) is 17.4 Å². The summed E-state index contributed by atoms with van der Waals surface area (Å²) in [6.45, 7) is 6.09. The maximum absolute atomic E-state index is 12.3. The van der Waals surface area contributed by atoms with Crippen LogP contribution in [0.2, 0.25) is 0 Å². The average Bonchev–Trinajstić information content (AvgIpc) is 3.08. The number of nitro benzene ring substituents is 1.